The fourth-order valence-electron chi connectivity index (χ4n) is 4.52. The highest BCUT2D eigenvalue weighted by Crippen LogP contribution is 2.44. The minimum atomic E-state index is -3.51. The lowest BCUT2D eigenvalue weighted by molar-refractivity contribution is -0.127. The molecular formula is C23H27N3O4S. The number of benzene rings is 1. The van der Waals surface area contributed by atoms with E-state index in [4.69, 9.17) is 8.85 Å². The largest absolute Gasteiger partial charge is 0.380 e. The van der Waals surface area contributed by atoms with E-state index in [0.717, 1.165) is 29.8 Å². The molecule has 8 heteroatoms. The molecule has 0 radical (unpaired) electrons. The quantitative estimate of drug-likeness (QED) is 0.632. The number of aryl methyl sites for hydroxylation is 1. The summed E-state index contributed by atoms with van der Waals surface area (Å²) in [5.41, 5.74) is 1.56. The number of nitrogens with zero attached hydrogens (tertiary/aromatic N) is 2. The van der Waals surface area contributed by atoms with Crippen molar-refractivity contribution in [3.05, 3.63) is 47.0 Å². The first-order valence-electron chi connectivity index (χ1n) is 12.0. The van der Waals surface area contributed by atoms with Gasteiger partial charge in [0.1, 0.15) is 5.52 Å². The van der Waals surface area contributed by atoms with Crippen molar-refractivity contribution in [1.82, 2.24) is 9.55 Å². The van der Waals surface area contributed by atoms with E-state index in [2.05, 4.69) is 9.88 Å². The minimum Gasteiger partial charge on any atom is -0.380 e. The number of nitrogens with one attached hydrogen (secondary N) is 1. The van der Waals surface area contributed by atoms with Gasteiger partial charge in [0.05, 0.1) is 29.3 Å². The first kappa shape index (κ1) is 17.0. The average molecular weight is 445 g/mol. The van der Waals surface area contributed by atoms with Crippen molar-refractivity contribution in [2.24, 2.45) is 12.4 Å². The topological polar surface area (TPSA) is 84.4 Å². The molecule has 1 aromatic carbocycles. The number of aromatic amines is 1. The number of pyridine rings is 1. The Morgan fingerprint density at radius 3 is 2.71 bits per heavy atom. The summed E-state index contributed by atoms with van der Waals surface area (Å²) in [6, 6.07) is 6.76. The van der Waals surface area contributed by atoms with Crippen LogP contribution in [0.2, 0.25) is 0 Å². The van der Waals surface area contributed by atoms with E-state index in [1.54, 1.807) is 30.5 Å². The van der Waals surface area contributed by atoms with Crippen LogP contribution >= 0.6 is 0 Å². The molecule has 2 aliphatic rings. The molecule has 31 heavy (non-hydrogen) atoms. The molecule has 0 aliphatic carbocycles. The van der Waals surface area contributed by atoms with E-state index in [9.17, 15) is 13.2 Å². The molecule has 5 rings (SSSR count). The normalized spacial score (nSPS) is 19.5. The second kappa shape index (κ2) is 7.24. The van der Waals surface area contributed by atoms with Crippen LogP contribution in [0.3, 0.4) is 0 Å². The van der Waals surface area contributed by atoms with E-state index < -0.39 is 22.4 Å². The number of aromatic nitrogens is 2. The SMILES string of the molecule is [2H]C([2H])([2H])n1cc(-c2cc(S(=O)(=O)CCCC)ccc2N2CC3(COC3)C2)c2cc[nH]c2c1=O. The fraction of sp³-hybridized carbons (Fsp3) is 0.435. The van der Waals surface area contributed by atoms with Crippen LogP contribution in [0, 0.1) is 5.41 Å². The molecule has 1 spiro atoms. The molecule has 3 aromatic rings. The summed E-state index contributed by atoms with van der Waals surface area (Å²) >= 11 is 0. The molecule has 2 fully saturated rings. The Morgan fingerprint density at radius 2 is 2.03 bits per heavy atom. The molecule has 2 saturated heterocycles. The number of sulfone groups is 1. The van der Waals surface area contributed by atoms with E-state index in [1.807, 2.05) is 6.92 Å². The third-order valence-corrected chi connectivity index (χ3v) is 8.12. The summed E-state index contributed by atoms with van der Waals surface area (Å²) in [4.78, 5) is 18.0. The number of unbranched alkanes of at least 4 members (excludes halogenated alkanes) is 1. The van der Waals surface area contributed by atoms with E-state index in [-0.39, 0.29) is 21.6 Å². The van der Waals surface area contributed by atoms with Crippen LogP contribution in [0.4, 0.5) is 5.69 Å². The Morgan fingerprint density at radius 1 is 1.23 bits per heavy atom. The Balaban J connectivity index is 1.71. The summed E-state index contributed by atoms with van der Waals surface area (Å²) in [7, 11) is -3.51. The van der Waals surface area contributed by atoms with Crippen molar-refractivity contribution in [1.29, 1.82) is 0 Å². The zero-order chi connectivity index (χ0) is 24.3. The van der Waals surface area contributed by atoms with Crippen molar-refractivity contribution < 1.29 is 17.3 Å². The van der Waals surface area contributed by atoms with Gasteiger partial charge in [-0.3, -0.25) is 4.79 Å². The molecule has 2 aliphatic heterocycles. The summed E-state index contributed by atoms with van der Waals surface area (Å²) in [6.07, 6.45) is 4.23. The molecule has 0 atom stereocenters. The highest BCUT2D eigenvalue weighted by molar-refractivity contribution is 7.91. The predicted octanol–water partition coefficient (Wildman–Crippen LogP) is 2.94. The molecule has 0 amide bonds. The maximum absolute atomic E-state index is 13.0. The second-order valence-electron chi connectivity index (χ2n) is 8.68. The summed E-state index contributed by atoms with van der Waals surface area (Å²) in [5, 5.41) is 0.553. The number of hydrogen-bond donors (Lipinski definition) is 1. The Kier molecular flexibility index (Phi) is 3.98. The number of fused-ring (bicyclic) bond motifs is 1. The molecule has 7 nitrogen and oxygen atoms in total. The monoisotopic (exact) mass is 444 g/mol. The van der Waals surface area contributed by atoms with Gasteiger partial charge in [0.25, 0.3) is 5.56 Å². The third kappa shape index (κ3) is 3.29. The number of ether oxygens (including phenoxy) is 1. The summed E-state index contributed by atoms with van der Waals surface area (Å²) in [6.45, 7) is 2.21. The van der Waals surface area contributed by atoms with Gasteiger partial charge in [-0.05, 0) is 30.7 Å². The molecule has 0 unspecified atom stereocenters. The van der Waals surface area contributed by atoms with Gasteiger partial charge in [0.2, 0.25) is 0 Å². The van der Waals surface area contributed by atoms with Gasteiger partial charge in [-0.1, -0.05) is 13.3 Å². The molecule has 2 aromatic heterocycles. The van der Waals surface area contributed by atoms with E-state index >= 15 is 0 Å². The van der Waals surface area contributed by atoms with Gasteiger partial charge in [0.15, 0.2) is 9.84 Å². The zero-order valence-corrected chi connectivity index (χ0v) is 18.2. The highest BCUT2D eigenvalue weighted by atomic mass is 32.2. The van der Waals surface area contributed by atoms with Crippen molar-refractivity contribution in [3.63, 3.8) is 0 Å². The Bertz CT molecular complexity index is 1410. The van der Waals surface area contributed by atoms with Gasteiger partial charge < -0.3 is 19.2 Å². The first-order chi connectivity index (χ1) is 16.0. The van der Waals surface area contributed by atoms with Crippen LogP contribution < -0.4 is 10.5 Å². The van der Waals surface area contributed by atoms with E-state index in [1.165, 1.54) is 6.20 Å². The number of hydrogen-bond acceptors (Lipinski definition) is 5. The van der Waals surface area contributed by atoms with Gasteiger partial charge >= 0.3 is 0 Å². The predicted molar refractivity (Wildman–Crippen MR) is 121 cm³/mol. The standard InChI is InChI=1S/C23H27N3O4S/c1-3-4-9-31(28,29)16-5-6-20(26-12-23(13-26)14-30-15-23)18(10-16)19-11-25(2)22(27)21-17(19)7-8-24-21/h5-8,10-11,24H,3-4,9,12-15H2,1-2H3/i2D3. The lowest BCUT2D eigenvalue weighted by Gasteiger charge is -2.56. The maximum atomic E-state index is 13.0. The van der Waals surface area contributed by atoms with Crippen molar-refractivity contribution in [2.75, 3.05) is 37.0 Å². The van der Waals surface area contributed by atoms with E-state index in [0.29, 0.717) is 36.1 Å². The number of rotatable bonds is 6. The number of H-pyrrole nitrogens is 1. The smallest absolute Gasteiger partial charge is 0.274 e. The van der Waals surface area contributed by atoms with Crippen molar-refractivity contribution in [2.45, 2.75) is 24.7 Å². The van der Waals surface area contributed by atoms with Gasteiger partial charge in [-0.2, -0.15) is 0 Å². The van der Waals surface area contributed by atoms with Crippen LogP contribution in [0.25, 0.3) is 22.0 Å². The average Bonchev–Trinajstić information content (AvgIpc) is 3.20. The van der Waals surface area contributed by atoms with Gasteiger partial charge in [-0.25, -0.2) is 8.42 Å². The Labute approximate surface area is 185 Å². The first-order valence-corrected chi connectivity index (χ1v) is 12.1. The van der Waals surface area contributed by atoms with Crippen LogP contribution in [-0.2, 0) is 21.5 Å². The third-order valence-electron chi connectivity index (χ3n) is 6.32. The molecule has 1 N–H and O–H groups in total. The molecule has 164 valence electrons. The molecule has 0 bridgehead atoms. The minimum absolute atomic E-state index is 0.0424. The lowest BCUT2D eigenvalue weighted by Crippen LogP contribution is -2.66. The number of anilines is 1. The highest BCUT2D eigenvalue weighted by Gasteiger charge is 2.49. The lowest BCUT2D eigenvalue weighted by atomic mass is 9.77. The summed E-state index contributed by atoms with van der Waals surface area (Å²) in [5.74, 6) is 0.0424. The second-order valence-corrected chi connectivity index (χ2v) is 10.8. The summed E-state index contributed by atoms with van der Waals surface area (Å²) < 4.78 is 55.7. The molecule has 4 heterocycles. The Hall–Kier alpha value is -2.58. The zero-order valence-electron chi connectivity index (χ0n) is 20.3. The molecular weight excluding hydrogens is 414 g/mol. The van der Waals surface area contributed by atoms with Crippen LogP contribution in [0.5, 0.6) is 0 Å². The molecule has 0 saturated carbocycles. The van der Waals surface area contributed by atoms with Crippen molar-refractivity contribution in [3.8, 4) is 11.1 Å². The fourth-order valence-corrected chi connectivity index (χ4v) is 6.00. The van der Waals surface area contributed by atoms with Crippen LogP contribution in [-0.4, -0.2) is 50.0 Å². The van der Waals surface area contributed by atoms with Crippen LogP contribution in [0.15, 0.2) is 46.3 Å². The van der Waals surface area contributed by atoms with Crippen LogP contribution in [0.1, 0.15) is 23.9 Å². The van der Waals surface area contributed by atoms with Crippen molar-refractivity contribution >= 4 is 26.4 Å². The van der Waals surface area contributed by atoms with Gasteiger partial charge in [-0.15, -0.1) is 0 Å². The van der Waals surface area contributed by atoms with Gasteiger partial charge in [0, 0.05) is 58.8 Å². The maximum Gasteiger partial charge on any atom is 0.274 e.